The van der Waals surface area contributed by atoms with Crippen molar-refractivity contribution in [2.24, 2.45) is 5.92 Å². The van der Waals surface area contributed by atoms with Crippen LogP contribution >= 0.6 is 11.8 Å². The molecule has 1 aliphatic carbocycles. The molecule has 0 saturated heterocycles. The Balaban J connectivity index is 1.97. The van der Waals surface area contributed by atoms with Gasteiger partial charge in [0, 0.05) is 23.6 Å². The molecule has 0 aromatic carbocycles. The van der Waals surface area contributed by atoms with Crippen LogP contribution in [-0.4, -0.2) is 27.7 Å². The fraction of sp³-hybridized carbons (Fsp3) is 0.667. The summed E-state index contributed by atoms with van der Waals surface area (Å²) in [5.74, 6) is 2.89. The van der Waals surface area contributed by atoms with Crippen molar-refractivity contribution in [2.75, 3.05) is 11.5 Å². The number of pyridine rings is 1. The maximum atomic E-state index is 10.4. The number of aliphatic hydroxyl groups excluding tert-OH is 1. The van der Waals surface area contributed by atoms with Gasteiger partial charge >= 0.3 is 0 Å². The smallest absolute Gasteiger partial charge is 0.0714 e. The summed E-state index contributed by atoms with van der Waals surface area (Å²) >= 11 is 1.86. The van der Waals surface area contributed by atoms with Gasteiger partial charge in [-0.1, -0.05) is 19.9 Å². The van der Waals surface area contributed by atoms with Gasteiger partial charge in [-0.25, -0.2) is 0 Å². The molecule has 1 aliphatic rings. The minimum absolute atomic E-state index is 0.245. The first-order valence-electron chi connectivity index (χ1n) is 6.88. The molecule has 1 heterocycles. The molecule has 0 radical (unpaired) electrons. The van der Waals surface area contributed by atoms with E-state index in [9.17, 15) is 5.11 Å². The zero-order valence-electron chi connectivity index (χ0n) is 11.3. The van der Waals surface area contributed by atoms with Gasteiger partial charge < -0.3 is 5.11 Å². The highest BCUT2D eigenvalue weighted by Gasteiger charge is 2.27. The monoisotopic (exact) mass is 265 g/mol. The molecule has 18 heavy (non-hydrogen) atoms. The Morgan fingerprint density at radius 3 is 3.06 bits per heavy atom. The second kappa shape index (κ2) is 6.58. The van der Waals surface area contributed by atoms with E-state index in [0.717, 1.165) is 30.0 Å². The Morgan fingerprint density at radius 1 is 1.44 bits per heavy atom. The number of nitrogens with zero attached hydrogens (tertiary/aromatic N) is 1. The van der Waals surface area contributed by atoms with Crippen molar-refractivity contribution in [3.63, 3.8) is 0 Å². The minimum Gasteiger partial charge on any atom is -0.392 e. The zero-order valence-corrected chi connectivity index (χ0v) is 12.1. The summed E-state index contributed by atoms with van der Waals surface area (Å²) in [5.41, 5.74) is 2.48. The summed E-state index contributed by atoms with van der Waals surface area (Å²) in [6, 6.07) is 4.16. The maximum absolute atomic E-state index is 10.4. The van der Waals surface area contributed by atoms with Crippen LogP contribution < -0.4 is 0 Å². The highest BCUT2D eigenvalue weighted by atomic mass is 32.2. The van der Waals surface area contributed by atoms with Gasteiger partial charge in [0.1, 0.15) is 0 Å². The van der Waals surface area contributed by atoms with E-state index in [1.165, 1.54) is 12.0 Å². The van der Waals surface area contributed by atoms with Crippen molar-refractivity contribution in [1.82, 2.24) is 4.98 Å². The number of aromatic nitrogens is 1. The molecular formula is C15H23NOS. The van der Waals surface area contributed by atoms with Gasteiger partial charge in [0.05, 0.1) is 6.10 Å². The lowest BCUT2D eigenvalue weighted by molar-refractivity contribution is 0.155. The molecule has 0 bridgehead atoms. The van der Waals surface area contributed by atoms with E-state index in [4.69, 9.17) is 0 Å². The predicted octanol–water partition coefficient (Wildman–Crippen LogP) is 3.25. The Kier molecular flexibility index (Phi) is 5.07. The first-order valence-corrected chi connectivity index (χ1v) is 8.03. The van der Waals surface area contributed by atoms with E-state index in [1.54, 1.807) is 0 Å². The molecule has 1 aromatic heterocycles. The molecule has 2 unspecified atom stereocenters. The fourth-order valence-electron chi connectivity index (χ4n) is 2.56. The van der Waals surface area contributed by atoms with E-state index in [-0.39, 0.29) is 12.0 Å². The molecule has 3 heteroatoms. The Bertz CT molecular complexity index is 381. The van der Waals surface area contributed by atoms with Crippen LogP contribution in [0.2, 0.25) is 0 Å². The average Bonchev–Trinajstić information content (AvgIpc) is 2.37. The number of hydrogen-bond acceptors (Lipinski definition) is 3. The summed E-state index contributed by atoms with van der Waals surface area (Å²) in [4.78, 5) is 4.50. The molecule has 100 valence electrons. The number of thioether (sulfide) groups is 1. The molecule has 0 fully saturated rings. The van der Waals surface area contributed by atoms with Gasteiger partial charge in [-0.15, -0.1) is 0 Å². The van der Waals surface area contributed by atoms with Crippen LogP contribution in [-0.2, 0) is 6.42 Å². The molecule has 0 spiro atoms. The number of aliphatic hydroxyl groups is 1. The van der Waals surface area contributed by atoms with Gasteiger partial charge in [0.25, 0.3) is 0 Å². The van der Waals surface area contributed by atoms with E-state index < -0.39 is 0 Å². The van der Waals surface area contributed by atoms with E-state index in [2.05, 4.69) is 24.9 Å². The molecular weight excluding hydrogens is 242 g/mol. The van der Waals surface area contributed by atoms with Crippen molar-refractivity contribution >= 4 is 11.8 Å². The zero-order chi connectivity index (χ0) is 13.0. The quantitative estimate of drug-likeness (QED) is 0.887. The molecule has 2 rings (SSSR count). The standard InChI is InChI=1S/C15H23NOS/c1-11(2)9-18-10-14(17)13-7-3-5-12-6-4-8-16-15(12)13/h4,6,8,11,13-14,17H,3,5,7,9-10H2,1-2H3. The summed E-state index contributed by atoms with van der Waals surface area (Å²) in [5, 5.41) is 10.4. The lowest BCUT2D eigenvalue weighted by Gasteiger charge is -2.28. The second-order valence-electron chi connectivity index (χ2n) is 5.55. The van der Waals surface area contributed by atoms with Crippen LogP contribution in [0.5, 0.6) is 0 Å². The molecule has 0 amide bonds. The molecule has 1 aromatic rings. The lowest BCUT2D eigenvalue weighted by Crippen LogP contribution is -2.26. The molecule has 1 N–H and O–H groups in total. The summed E-state index contributed by atoms with van der Waals surface area (Å²) in [7, 11) is 0. The van der Waals surface area contributed by atoms with Gasteiger partial charge in [-0.2, -0.15) is 11.8 Å². The number of hydrogen-bond donors (Lipinski definition) is 1. The predicted molar refractivity (Wildman–Crippen MR) is 78.1 cm³/mol. The lowest BCUT2D eigenvalue weighted by atomic mass is 9.84. The number of aryl methyl sites for hydroxylation is 1. The number of rotatable bonds is 5. The number of fused-ring (bicyclic) bond motifs is 1. The third-order valence-electron chi connectivity index (χ3n) is 3.44. The van der Waals surface area contributed by atoms with Crippen LogP contribution in [0.1, 0.15) is 43.9 Å². The summed E-state index contributed by atoms with van der Waals surface area (Å²) in [6.45, 7) is 4.44. The van der Waals surface area contributed by atoms with E-state index in [0.29, 0.717) is 5.92 Å². The Labute approximate surface area is 114 Å². The van der Waals surface area contributed by atoms with Crippen LogP contribution in [0.3, 0.4) is 0 Å². The van der Waals surface area contributed by atoms with Crippen LogP contribution in [0.15, 0.2) is 18.3 Å². The van der Waals surface area contributed by atoms with Gasteiger partial charge in [-0.3, -0.25) is 4.98 Å². The molecule has 0 saturated carbocycles. The van der Waals surface area contributed by atoms with Crippen molar-refractivity contribution in [3.05, 3.63) is 29.6 Å². The Hall–Kier alpha value is -0.540. The highest BCUT2D eigenvalue weighted by molar-refractivity contribution is 7.99. The first kappa shape index (κ1) is 13.9. The van der Waals surface area contributed by atoms with Crippen LogP contribution in [0, 0.1) is 5.92 Å². The minimum atomic E-state index is -0.248. The first-order chi connectivity index (χ1) is 8.68. The van der Waals surface area contributed by atoms with Crippen LogP contribution in [0.25, 0.3) is 0 Å². The topological polar surface area (TPSA) is 33.1 Å². The van der Waals surface area contributed by atoms with Gasteiger partial charge in [0.2, 0.25) is 0 Å². The molecule has 0 aliphatic heterocycles. The fourth-order valence-corrected chi connectivity index (χ4v) is 3.64. The molecule has 2 atom stereocenters. The van der Waals surface area contributed by atoms with Crippen molar-refractivity contribution in [2.45, 2.75) is 45.1 Å². The average molecular weight is 265 g/mol. The van der Waals surface area contributed by atoms with Gasteiger partial charge in [0.15, 0.2) is 0 Å². The van der Waals surface area contributed by atoms with Crippen LogP contribution in [0.4, 0.5) is 0 Å². The largest absolute Gasteiger partial charge is 0.392 e. The third kappa shape index (κ3) is 3.48. The highest BCUT2D eigenvalue weighted by Crippen LogP contribution is 2.33. The summed E-state index contributed by atoms with van der Waals surface area (Å²) in [6.07, 6.45) is 4.97. The van der Waals surface area contributed by atoms with Gasteiger partial charge in [-0.05, 0) is 42.6 Å². The van der Waals surface area contributed by atoms with E-state index in [1.807, 2.05) is 24.0 Å². The second-order valence-corrected chi connectivity index (χ2v) is 6.62. The summed E-state index contributed by atoms with van der Waals surface area (Å²) < 4.78 is 0. The van der Waals surface area contributed by atoms with E-state index >= 15 is 0 Å². The van der Waals surface area contributed by atoms with Crippen molar-refractivity contribution in [3.8, 4) is 0 Å². The third-order valence-corrected chi connectivity index (χ3v) is 4.92. The molecule has 2 nitrogen and oxygen atoms in total. The maximum Gasteiger partial charge on any atom is 0.0714 e. The van der Waals surface area contributed by atoms with Crippen molar-refractivity contribution < 1.29 is 5.11 Å². The Morgan fingerprint density at radius 2 is 2.28 bits per heavy atom. The SMILES string of the molecule is CC(C)CSCC(O)C1CCCc2cccnc21. The normalized spacial score (nSPS) is 20.8. The van der Waals surface area contributed by atoms with Crippen molar-refractivity contribution in [1.29, 1.82) is 0 Å².